The second kappa shape index (κ2) is 4.90. The summed E-state index contributed by atoms with van der Waals surface area (Å²) in [7, 11) is -3.45. The Bertz CT molecular complexity index is 583. The van der Waals surface area contributed by atoms with Crippen LogP contribution in [0.3, 0.4) is 0 Å². The predicted octanol–water partition coefficient (Wildman–Crippen LogP) is 1.99. The molecule has 2 atom stereocenters. The van der Waals surface area contributed by atoms with Crippen LogP contribution in [0.25, 0.3) is 0 Å². The van der Waals surface area contributed by atoms with Crippen LogP contribution in [-0.4, -0.2) is 26.2 Å². The van der Waals surface area contributed by atoms with Crippen LogP contribution in [0.15, 0.2) is 34.2 Å². The molecule has 0 saturated heterocycles. The highest BCUT2D eigenvalue weighted by atomic mass is 35.5. The van der Waals surface area contributed by atoms with Crippen LogP contribution in [-0.2, 0) is 10.0 Å². The summed E-state index contributed by atoms with van der Waals surface area (Å²) in [4.78, 5) is 4.71. The van der Waals surface area contributed by atoms with Crippen molar-refractivity contribution in [2.45, 2.75) is 24.8 Å². The van der Waals surface area contributed by atoms with E-state index in [9.17, 15) is 8.42 Å². The number of hydrogen-bond acceptors (Lipinski definition) is 3. The molecule has 1 aliphatic rings. The number of rotatable bonds is 3. The molecule has 1 N–H and O–H groups in total. The van der Waals surface area contributed by atoms with Crippen molar-refractivity contribution < 1.29 is 8.42 Å². The number of halogens is 1. The minimum Gasteiger partial charge on any atom is -0.264 e. The molecule has 0 aromatic heterocycles. The number of nitrogens with one attached hydrogen (secondary N) is 1. The van der Waals surface area contributed by atoms with E-state index in [1.165, 1.54) is 0 Å². The van der Waals surface area contributed by atoms with E-state index in [0.717, 1.165) is 0 Å². The van der Waals surface area contributed by atoms with Gasteiger partial charge in [0.1, 0.15) is 5.84 Å². The van der Waals surface area contributed by atoms with Crippen LogP contribution < -0.4 is 4.72 Å². The van der Waals surface area contributed by atoms with Crippen molar-refractivity contribution in [3.63, 3.8) is 0 Å². The molecule has 1 aliphatic heterocycles. The van der Waals surface area contributed by atoms with E-state index in [4.69, 9.17) is 11.6 Å². The molecule has 2 rings (SSSR count). The normalized spacial score (nSPS) is 22.3. The topological polar surface area (TPSA) is 58.5 Å². The minimum atomic E-state index is -3.45. The lowest BCUT2D eigenvalue weighted by Crippen LogP contribution is -2.25. The summed E-state index contributed by atoms with van der Waals surface area (Å²) in [6, 6.07) is 6.80. The lowest BCUT2D eigenvalue weighted by molar-refractivity contribution is 0.536. The summed E-state index contributed by atoms with van der Waals surface area (Å²) in [6.45, 7) is 3.91. The summed E-state index contributed by atoms with van der Waals surface area (Å²) in [5.74, 6) is 1.10. The fourth-order valence-electron chi connectivity index (χ4n) is 1.69. The quantitative estimate of drug-likeness (QED) is 0.864. The second-order valence-corrected chi connectivity index (χ2v) is 6.41. The molecule has 1 aromatic carbocycles. The molecule has 0 amide bonds. The number of alkyl halides is 1. The molecular weight excluding hydrogens is 272 g/mol. The molecule has 1 aromatic rings. The van der Waals surface area contributed by atoms with Crippen molar-refractivity contribution in [1.29, 1.82) is 0 Å². The third-order valence-corrected chi connectivity index (χ3v) is 4.95. The lowest BCUT2D eigenvalue weighted by atomic mass is 10.1. The number of amidine groups is 1. The minimum absolute atomic E-state index is 0.0358. The standard InChI is InChI=1S/C12H15ClN2O2S/c1-8(7-13)9(2)14-12-10-5-3-4-6-11(10)18(16,17)15-12/h3-6,8-9H,7H2,1-2H3,(H,14,15). The van der Waals surface area contributed by atoms with Gasteiger partial charge in [0.15, 0.2) is 0 Å². The van der Waals surface area contributed by atoms with Crippen LogP contribution in [0, 0.1) is 5.92 Å². The Labute approximate surface area is 112 Å². The van der Waals surface area contributed by atoms with Crippen molar-refractivity contribution in [3.8, 4) is 0 Å². The zero-order chi connectivity index (χ0) is 13.3. The first-order valence-corrected chi connectivity index (χ1v) is 7.73. The maximum absolute atomic E-state index is 11.9. The average Bonchev–Trinajstić information content (AvgIpc) is 2.61. The van der Waals surface area contributed by atoms with E-state index in [1.54, 1.807) is 24.3 Å². The van der Waals surface area contributed by atoms with Gasteiger partial charge < -0.3 is 0 Å². The molecule has 0 aliphatic carbocycles. The molecule has 6 heteroatoms. The Kier molecular flexibility index (Phi) is 3.64. The summed E-state index contributed by atoms with van der Waals surface area (Å²) in [5.41, 5.74) is 0.631. The Hall–Kier alpha value is -1.07. The lowest BCUT2D eigenvalue weighted by Gasteiger charge is -2.13. The van der Waals surface area contributed by atoms with Gasteiger partial charge in [-0.15, -0.1) is 11.6 Å². The maximum Gasteiger partial charge on any atom is 0.263 e. The third kappa shape index (κ3) is 2.37. The highest BCUT2D eigenvalue weighted by molar-refractivity contribution is 7.90. The van der Waals surface area contributed by atoms with Gasteiger partial charge in [-0.05, 0) is 25.0 Å². The van der Waals surface area contributed by atoms with E-state index in [0.29, 0.717) is 17.3 Å². The highest BCUT2D eigenvalue weighted by Crippen LogP contribution is 2.23. The summed E-state index contributed by atoms with van der Waals surface area (Å²) in [5, 5.41) is 0. The van der Waals surface area contributed by atoms with Gasteiger partial charge in [0.05, 0.1) is 10.9 Å². The molecule has 4 nitrogen and oxygen atoms in total. The molecule has 98 valence electrons. The van der Waals surface area contributed by atoms with Crippen molar-refractivity contribution in [2.75, 3.05) is 5.88 Å². The fourth-order valence-corrected chi connectivity index (χ4v) is 3.19. The fraction of sp³-hybridized carbons (Fsp3) is 0.417. The first-order valence-electron chi connectivity index (χ1n) is 5.71. The Morgan fingerprint density at radius 1 is 1.33 bits per heavy atom. The molecule has 0 bridgehead atoms. The largest absolute Gasteiger partial charge is 0.264 e. The summed E-state index contributed by atoms with van der Waals surface area (Å²) in [6.07, 6.45) is 0. The Balaban J connectivity index is 2.42. The van der Waals surface area contributed by atoms with Crippen LogP contribution in [0.2, 0.25) is 0 Å². The first kappa shape index (κ1) is 13.4. The van der Waals surface area contributed by atoms with Crippen molar-refractivity contribution in [2.24, 2.45) is 10.9 Å². The number of sulfonamides is 1. The van der Waals surface area contributed by atoms with E-state index in [-0.39, 0.29) is 16.9 Å². The average molecular weight is 287 g/mol. The van der Waals surface area contributed by atoms with Gasteiger partial charge in [0.25, 0.3) is 10.0 Å². The van der Waals surface area contributed by atoms with Crippen molar-refractivity contribution in [1.82, 2.24) is 4.72 Å². The Morgan fingerprint density at radius 2 is 2.00 bits per heavy atom. The van der Waals surface area contributed by atoms with Crippen LogP contribution in [0.5, 0.6) is 0 Å². The predicted molar refractivity (Wildman–Crippen MR) is 72.6 cm³/mol. The van der Waals surface area contributed by atoms with Crippen molar-refractivity contribution in [3.05, 3.63) is 29.8 Å². The molecule has 1 heterocycles. The molecule has 0 radical (unpaired) electrons. The van der Waals surface area contributed by atoms with E-state index in [1.807, 2.05) is 13.8 Å². The molecule has 0 spiro atoms. The molecule has 2 unspecified atom stereocenters. The van der Waals surface area contributed by atoms with E-state index < -0.39 is 10.0 Å². The molecule has 0 saturated carbocycles. The van der Waals surface area contributed by atoms with Gasteiger partial charge in [-0.3, -0.25) is 9.71 Å². The van der Waals surface area contributed by atoms with Gasteiger partial charge >= 0.3 is 0 Å². The Morgan fingerprint density at radius 3 is 2.67 bits per heavy atom. The van der Waals surface area contributed by atoms with Gasteiger partial charge in [-0.2, -0.15) is 0 Å². The molecular formula is C12H15ClN2O2S. The zero-order valence-corrected chi connectivity index (χ0v) is 11.8. The van der Waals surface area contributed by atoms with Gasteiger partial charge in [-0.1, -0.05) is 19.1 Å². The summed E-state index contributed by atoms with van der Waals surface area (Å²) >= 11 is 5.78. The highest BCUT2D eigenvalue weighted by Gasteiger charge is 2.30. The smallest absolute Gasteiger partial charge is 0.263 e. The van der Waals surface area contributed by atoms with E-state index >= 15 is 0 Å². The first-order chi connectivity index (χ1) is 8.45. The van der Waals surface area contributed by atoms with Crippen molar-refractivity contribution >= 4 is 27.5 Å². The number of nitrogens with zero attached hydrogens (tertiary/aromatic N) is 1. The second-order valence-electron chi connectivity index (χ2n) is 4.45. The van der Waals surface area contributed by atoms with Crippen LogP contribution >= 0.6 is 11.6 Å². The third-order valence-electron chi connectivity index (χ3n) is 3.06. The molecule has 0 fully saturated rings. The maximum atomic E-state index is 11.9. The number of hydrogen-bond donors (Lipinski definition) is 1. The monoisotopic (exact) mass is 286 g/mol. The zero-order valence-electron chi connectivity index (χ0n) is 10.2. The summed E-state index contributed by atoms with van der Waals surface area (Å²) < 4.78 is 26.2. The number of benzene rings is 1. The number of aliphatic imine (C=N–C) groups is 1. The van der Waals surface area contributed by atoms with E-state index in [2.05, 4.69) is 9.71 Å². The van der Waals surface area contributed by atoms with Gasteiger partial charge in [-0.25, -0.2) is 8.42 Å². The van der Waals surface area contributed by atoms with Crippen LogP contribution in [0.4, 0.5) is 0 Å². The number of fused-ring (bicyclic) bond motifs is 1. The van der Waals surface area contributed by atoms with Gasteiger partial charge in [0, 0.05) is 11.4 Å². The SMILES string of the molecule is CC(CCl)C(C)N=C1NS(=O)(=O)c2ccccc21. The molecule has 18 heavy (non-hydrogen) atoms. The van der Waals surface area contributed by atoms with Crippen LogP contribution in [0.1, 0.15) is 19.4 Å². The van der Waals surface area contributed by atoms with Gasteiger partial charge in [0.2, 0.25) is 0 Å².